The van der Waals surface area contributed by atoms with Crippen LogP contribution in [0, 0.1) is 0 Å². The minimum atomic E-state index is -4.42. The van der Waals surface area contributed by atoms with Crippen molar-refractivity contribution in [2.75, 3.05) is 12.4 Å². The van der Waals surface area contributed by atoms with E-state index in [-0.39, 0.29) is 18.7 Å². The summed E-state index contributed by atoms with van der Waals surface area (Å²) >= 11 is 1.61. The Hall–Kier alpha value is 0.565. The number of rotatable bonds is 8. The van der Waals surface area contributed by atoms with E-state index in [0.29, 0.717) is 5.75 Å². The van der Waals surface area contributed by atoms with Gasteiger partial charge in [0, 0.05) is 6.42 Å². The topological polar surface area (TPSA) is 0 Å². The fraction of sp³-hybridized carbons (Fsp3) is 1.00. The summed E-state index contributed by atoms with van der Waals surface area (Å²) in [7, 11) is 3.81. The van der Waals surface area contributed by atoms with Crippen LogP contribution in [0.3, 0.4) is 0 Å². The summed E-state index contributed by atoms with van der Waals surface area (Å²) in [6.45, 7) is 8.45. The van der Waals surface area contributed by atoms with Gasteiger partial charge in [0.1, 0.15) is 0 Å². The van der Waals surface area contributed by atoms with Crippen LogP contribution in [0.5, 0.6) is 0 Å². The van der Waals surface area contributed by atoms with E-state index in [1.54, 1.807) is 11.4 Å². The lowest BCUT2D eigenvalue weighted by Gasteiger charge is -2.30. The Morgan fingerprint density at radius 3 is 2.06 bits per heavy atom. The van der Waals surface area contributed by atoms with Gasteiger partial charge in [0.15, 0.2) is 7.85 Å². The van der Waals surface area contributed by atoms with E-state index in [0.717, 1.165) is 6.42 Å². The standard InChI is InChI=1S/C11H20BF4PS/c1-5-9(2,3)17(4)18-8-6-7-10(13,14)11(12,15)16/h5-8H2,1-4H3. The average Bonchev–Trinajstić information content (AvgIpc) is 2.22. The minimum absolute atomic E-state index is 0.0525. The summed E-state index contributed by atoms with van der Waals surface area (Å²) in [4.78, 5) is 0. The van der Waals surface area contributed by atoms with E-state index >= 15 is 0 Å². The van der Waals surface area contributed by atoms with Gasteiger partial charge < -0.3 is 0 Å². The maximum absolute atomic E-state index is 12.9. The summed E-state index contributed by atoms with van der Waals surface area (Å²) in [6.07, 6.45) is 0.204. The average molecular weight is 302 g/mol. The predicted molar refractivity (Wildman–Crippen MR) is 74.6 cm³/mol. The Labute approximate surface area is 114 Å². The molecule has 0 nitrogen and oxygen atoms in total. The molecule has 0 fully saturated rings. The van der Waals surface area contributed by atoms with Gasteiger partial charge in [0.25, 0.3) is 11.7 Å². The zero-order chi connectivity index (χ0) is 14.6. The largest absolute Gasteiger partial charge is 0.300 e. The molecule has 0 aromatic heterocycles. The van der Waals surface area contributed by atoms with Gasteiger partial charge in [-0.25, -0.2) is 17.6 Å². The maximum Gasteiger partial charge on any atom is 0.300 e. The lowest BCUT2D eigenvalue weighted by Crippen LogP contribution is -2.40. The minimum Gasteiger partial charge on any atom is -0.213 e. The van der Waals surface area contributed by atoms with Crippen LogP contribution in [-0.2, 0) is 0 Å². The SMILES string of the molecule is [B]C(F)(F)C(F)(F)CCCSP(C)C(C)(C)CC. The molecule has 0 aliphatic heterocycles. The molecule has 0 bridgehead atoms. The van der Waals surface area contributed by atoms with Crippen molar-refractivity contribution in [3.63, 3.8) is 0 Å². The molecule has 0 saturated heterocycles. The van der Waals surface area contributed by atoms with Crippen LogP contribution < -0.4 is 0 Å². The normalized spacial score (nSPS) is 15.8. The smallest absolute Gasteiger partial charge is 0.213 e. The molecule has 18 heavy (non-hydrogen) atoms. The third kappa shape index (κ3) is 5.69. The Morgan fingerprint density at radius 2 is 1.67 bits per heavy atom. The Bertz CT molecular complexity index is 256. The number of hydrogen-bond donors (Lipinski definition) is 0. The molecule has 0 heterocycles. The molecule has 0 aliphatic carbocycles. The monoisotopic (exact) mass is 302 g/mol. The van der Waals surface area contributed by atoms with Gasteiger partial charge in [-0.15, -0.1) is 11.4 Å². The second-order valence-electron chi connectivity index (χ2n) is 4.93. The van der Waals surface area contributed by atoms with Crippen LogP contribution in [0.25, 0.3) is 0 Å². The summed E-state index contributed by atoms with van der Waals surface area (Å²) in [5.41, 5.74) is 0. The van der Waals surface area contributed by atoms with Crippen LogP contribution in [0.2, 0.25) is 0 Å². The van der Waals surface area contributed by atoms with E-state index in [1.165, 1.54) is 0 Å². The molecule has 0 N–H and O–H groups in total. The summed E-state index contributed by atoms with van der Waals surface area (Å²) in [5, 5.41) is 0.181. The molecule has 1 atom stereocenters. The van der Waals surface area contributed by atoms with E-state index in [1.807, 2.05) is 0 Å². The first-order chi connectivity index (χ1) is 7.94. The zero-order valence-electron chi connectivity index (χ0n) is 11.3. The van der Waals surface area contributed by atoms with Crippen molar-refractivity contribution in [1.82, 2.24) is 0 Å². The Morgan fingerprint density at radius 1 is 1.17 bits per heavy atom. The van der Waals surface area contributed by atoms with Gasteiger partial charge in [-0.05, 0) is 37.5 Å². The maximum atomic E-state index is 12.9. The fourth-order valence-electron chi connectivity index (χ4n) is 1.06. The summed E-state index contributed by atoms with van der Waals surface area (Å²) in [5.74, 6) is -8.06. The summed E-state index contributed by atoms with van der Waals surface area (Å²) in [6, 6.07) is 0. The molecule has 7 heteroatoms. The van der Waals surface area contributed by atoms with Gasteiger partial charge >= 0.3 is 0 Å². The zero-order valence-corrected chi connectivity index (χ0v) is 13.0. The Balaban J connectivity index is 4.02. The van der Waals surface area contributed by atoms with Crippen molar-refractivity contribution in [3.8, 4) is 0 Å². The second kappa shape index (κ2) is 6.83. The van der Waals surface area contributed by atoms with Crippen LogP contribution in [0.4, 0.5) is 17.6 Å². The van der Waals surface area contributed by atoms with Gasteiger partial charge in [-0.1, -0.05) is 20.8 Å². The molecule has 0 aliphatic rings. The predicted octanol–water partition coefficient (Wildman–Crippen LogP) is 5.11. The number of alkyl halides is 4. The quantitative estimate of drug-likeness (QED) is 0.260. The summed E-state index contributed by atoms with van der Waals surface area (Å²) < 4.78 is 50.5. The van der Waals surface area contributed by atoms with Crippen molar-refractivity contribution in [2.24, 2.45) is 0 Å². The Kier molecular flexibility index (Phi) is 7.04. The molecule has 0 amide bonds. The first-order valence-corrected chi connectivity index (χ1v) is 9.23. The molecule has 0 rings (SSSR count). The van der Waals surface area contributed by atoms with Gasteiger partial charge in [-0.2, -0.15) is 0 Å². The molecular weight excluding hydrogens is 282 g/mol. The fourth-order valence-corrected chi connectivity index (χ4v) is 5.05. The van der Waals surface area contributed by atoms with Crippen molar-refractivity contribution < 1.29 is 17.6 Å². The van der Waals surface area contributed by atoms with Crippen LogP contribution in [-0.4, -0.2) is 37.2 Å². The van der Waals surface area contributed by atoms with Gasteiger partial charge in [-0.3, -0.25) is 0 Å². The molecule has 2 radical (unpaired) electrons. The second-order valence-corrected chi connectivity index (χ2v) is 10.2. The lowest BCUT2D eigenvalue weighted by molar-refractivity contribution is -0.161. The first-order valence-electron chi connectivity index (χ1n) is 5.85. The van der Waals surface area contributed by atoms with Crippen molar-refractivity contribution in [1.29, 1.82) is 0 Å². The van der Waals surface area contributed by atoms with E-state index in [9.17, 15) is 17.6 Å². The number of hydrogen-bond acceptors (Lipinski definition) is 1. The van der Waals surface area contributed by atoms with E-state index in [4.69, 9.17) is 0 Å². The molecule has 0 saturated carbocycles. The molecule has 0 spiro atoms. The highest BCUT2D eigenvalue weighted by molar-refractivity contribution is 8.55. The molecule has 106 valence electrons. The van der Waals surface area contributed by atoms with E-state index < -0.39 is 18.2 Å². The highest BCUT2D eigenvalue weighted by Gasteiger charge is 2.50. The third-order valence-electron chi connectivity index (χ3n) is 3.13. The van der Waals surface area contributed by atoms with Crippen LogP contribution >= 0.6 is 18.5 Å². The van der Waals surface area contributed by atoms with Crippen molar-refractivity contribution >= 4 is 26.4 Å². The number of halogens is 4. The van der Waals surface area contributed by atoms with Gasteiger partial charge in [0.2, 0.25) is 0 Å². The molecule has 0 aromatic carbocycles. The molecular formula is C11H20BF4PS. The van der Waals surface area contributed by atoms with E-state index in [2.05, 4.69) is 35.3 Å². The highest BCUT2D eigenvalue weighted by Crippen LogP contribution is 2.58. The first kappa shape index (κ1) is 18.6. The molecule has 1 unspecified atom stereocenters. The highest BCUT2D eigenvalue weighted by atomic mass is 32.7. The third-order valence-corrected chi connectivity index (χ3v) is 9.20. The van der Waals surface area contributed by atoms with Crippen molar-refractivity contribution in [2.45, 2.75) is 56.9 Å². The van der Waals surface area contributed by atoms with Crippen LogP contribution in [0.15, 0.2) is 0 Å². The van der Waals surface area contributed by atoms with Crippen molar-refractivity contribution in [3.05, 3.63) is 0 Å². The van der Waals surface area contributed by atoms with Gasteiger partial charge in [0.05, 0.1) is 0 Å². The molecule has 0 aromatic rings. The van der Waals surface area contributed by atoms with Crippen LogP contribution in [0.1, 0.15) is 40.0 Å². The lowest BCUT2D eigenvalue weighted by atomic mass is 9.89.